The summed E-state index contributed by atoms with van der Waals surface area (Å²) in [5.41, 5.74) is 1.17. The Bertz CT molecular complexity index is 1090. The van der Waals surface area contributed by atoms with Crippen LogP contribution in [0.1, 0.15) is 11.1 Å². The second-order valence-electron chi connectivity index (χ2n) is 5.69. The summed E-state index contributed by atoms with van der Waals surface area (Å²) in [7, 11) is 3.06. The predicted molar refractivity (Wildman–Crippen MR) is 109 cm³/mol. The molecular formula is C20H16ClN3O3S. The van der Waals surface area contributed by atoms with Gasteiger partial charge < -0.3 is 14.5 Å². The number of hydrogen-bond acceptors (Lipinski definition) is 6. The van der Waals surface area contributed by atoms with Gasteiger partial charge in [-0.2, -0.15) is 5.26 Å². The third-order valence-electron chi connectivity index (χ3n) is 3.96. The van der Waals surface area contributed by atoms with Crippen molar-refractivity contribution in [2.75, 3.05) is 14.2 Å². The topological polar surface area (TPSA) is 88.0 Å². The zero-order valence-electron chi connectivity index (χ0n) is 15.2. The summed E-state index contributed by atoms with van der Waals surface area (Å²) < 4.78 is 10.5. The molecule has 1 aromatic heterocycles. The lowest BCUT2D eigenvalue weighted by atomic mass is 10.1. The number of rotatable bonds is 6. The van der Waals surface area contributed by atoms with E-state index >= 15 is 0 Å². The number of aromatic amines is 1. The number of nitriles is 1. The van der Waals surface area contributed by atoms with Crippen molar-refractivity contribution in [1.82, 2.24) is 9.97 Å². The summed E-state index contributed by atoms with van der Waals surface area (Å²) in [5, 5.41) is 10.5. The standard InChI is InChI=1S/C20H16ClN3O3S/c1-26-14-7-13(8-15(9-14)27-2)18-16(10-22)19(25)24-20(23-18)28-11-12-5-3-4-6-17(12)21/h3-9H,11H2,1-2H3,(H,23,24,25). The van der Waals surface area contributed by atoms with E-state index in [1.165, 1.54) is 26.0 Å². The summed E-state index contributed by atoms with van der Waals surface area (Å²) in [6.45, 7) is 0. The second kappa shape index (κ2) is 8.83. The molecule has 0 radical (unpaired) electrons. The van der Waals surface area contributed by atoms with E-state index in [9.17, 15) is 10.1 Å². The maximum absolute atomic E-state index is 12.4. The van der Waals surface area contributed by atoms with Crippen LogP contribution in [-0.4, -0.2) is 24.2 Å². The molecule has 0 amide bonds. The van der Waals surface area contributed by atoms with Crippen LogP contribution < -0.4 is 15.0 Å². The second-order valence-corrected chi connectivity index (χ2v) is 7.06. The van der Waals surface area contributed by atoms with Gasteiger partial charge in [-0.25, -0.2) is 4.98 Å². The minimum atomic E-state index is -0.504. The van der Waals surface area contributed by atoms with Gasteiger partial charge in [0.2, 0.25) is 0 Å². The monoisotopic (exact) mass is 413 g/mol. The molecule has 1 heterocycles. The Morgan fingerprint density at radius 3 is 2.46 bits per heavy atom. The number of benzene rings is 2. The van der Waals surface area contributed by atoms with Crippen LogP contribution in [-0.2, 0) is 5.75 Å². The highest BCUT2D eigenvalue weighted by Gasteiger charge is 2.16. The third-order valence-corrected chi connectivity index (χ3v) is 5.25. The molecule has 142 valence electrons. The van der Waals surface area contributed by atoms with Crippen molar-refractivity contribution in [3.05, 3.63) is 69.0 Å². The number of methoxy groups -OCH3 is 2. The lowest BCUT2D eigenvalue weighted by Gasteiger charge is -2.10. The number of halogens is 1. The van der Waals surface area contributed by atoms with Gasteiger partial charge in [0.05, 0.1) is 19.9 Å². The third kappa shape index (κ3) is 4.30. The maximum Gasteiger partial charge on any atom is 0.270 e. The first-order valence-electron chi connectivity index (χ1n) is 8.19. The molecule has 2 aromatic carbocycles. The van der Waals surface area contributed by atoms with Crippen molar-refractivity contribution >= 4 is 23.4 Å². The van der Waals surface area contributed by atoms with Gasteiger partial charge >= 0.3 is 0 Å². The Morgan fingerprint density at radius 1 is 1.18 bits per heavy atom. The van der Waals surface area contributed by atoms with Crippen molar-refractivity contribution in [3.63, 3.8) is 0 Å². The predicted octanol–water partition coefficient (Wildman–Crippen LogP) is 4.27. The minimum absolute atomic E-state index is 0.0719. The average Bonchev–Trinajstić information content (AvgIpc) is 2.72. The number of hydrogen-bond donors (Lipinski definition) is 1. The van der Waals surface area contributed by atoms with Gasteiger partial charge in [0.25, 0.3) is 5.56 Å². The first kappa shape index (κ1) is 19.8. The molecule has 0 saturated carbocycles. The van der Waals surface area contributed by atoms with Gasteiger partial charge in [-0.15, -0.1) is 0 Å². The van der Waals surface area contributed by atoms with Gasteiger partial charge in [-0.05, 0) is 23.8 Å². The molecule has 0 fully saturated rings. The molecule has 0 atom stereocenters. The molecular weight excluding hydrogens is 398 g/mol. The summed E-state index contributed by atoms with van der Waals surface area (Å²) in [5.74, 6) is 1.59. The number of H-pyrrole nitrogens is 1. The number of thioether (sulfide) groups is 1. The molecule has 0 saturated heterocycles. The van der Waals surface area contributed by atoms with Crippen LogP contribution in [0, 0.1) is 11.3 Å². The first-order chi connectivity index (χ1) is 13.5. The van der Waals surface area contributed by atoms with E-state index in [2.05, 4.69) is 9.97 Å². The van der Waals surface area contributed by atoms with E-state index in [4.69, 9.17) is 21.1 Å². The summed E-state index contributed by atoms with van der Waals surface area (Å²) in [4.78, 5) is 19.6. The smallest absolute Gasteiger partial charge is 0.270 e. The zero-order chi connectivity index (χ0) is 20.1. The summed E-state index contributed by atoms with van der Waals surface area (Å²) >= 11 is 7.51. The van der Waals surface area contributed by atoms with E-state index in [0.29, 0.717) is 33.0 Å². The number of nitrogens with one attached hydrogen (secondary N) is 1. The van der Waals surface area contributed by atoms with Crippen LogP contribution >= 0.6 is 23.4 Å². The van der Waals surface area contributed by atoms with E-state index in [1.54, 1.807) is 24.3 Å². The van der Waals surface area contributed by atoms with Gasteiger partial charge in [0.15, 0.2) is 5.16 Å². The molecule has 0 aliphatic rings. The van der Waals surface area contributed by atoms with Crippen LogP contribution in [0.4, 0.5) is 0 Å². The van der Waals surface area contributed by atoms with E-state index < -0.39 is 5.56 Å². The van der Waals surface area contributed by atoms with Crippen molar-refractivity contribution in [2.45, 2.75) is 10.9 Å². The van der Waals surface area contributed by atoms with Crippen molar-refractivity contribution in [1.29, 1.82) is 5.26 Å². The molecule has 3 rings (SSSR count). The fourth-order valence-corrected chi connectivity index (χ4v) is 3.69. The number of ether oxygens (including phenoxy) is 2. The van der Waals surface area contributed by atoms with Crippen LogP contribution in [0.3, 0.4) is 0 Å². The van der Waals surface area contributed by atoms with Crippen LogP contribution in [0.25, 0.3) is 11.3 Å². The van der Waals surface area contributed by atoms with Crippen LogP contribution in [0.5, 0.6) is 11.5 Å². The Kier molecular flexibility index (Phi) is 6.24. The molecule has 1 N–H and O–H groups in total. The van der Waals surface area contributed by atoms with E-state index in [0.717, 1.165) is 5.56 Å². The maximum atomic E-state index is 12.4. The van der Waals surface area contributed by atoms with Gasteiger partial charge in [0.1, 0.15) is 23.1 Å². The van der Waals surface area contributed by atoms with E-state index in [1.807, 2.05) is 24.3 Å². The highest BCUT2D eigenvalue weighted by molar-refractivity contribution is 7.98. The lowest BCUT2D eigenvalue weighted by Crippen LogP contribution is -2.14. The van der Waals surface area contributed by atoms with Crippen molar-refractivity contribution in [2.24, 2.45) is 0 Å². The number of aromatic nitrogens is 2. The normalized spacial score (nSPS) is 10.4. The molecule has 0 unspecified atom stereocenters. The summed E-state index contributed by atoms with van der Waals surface area (Å²) in [6, 6.07) is 14.5. The van der Waals surface area contributed by atoms with Crippen molar-refractivity contribution < 1.29 is 9.47 Å². The first-order valence-corrected chi connectivity index (χ1v) is 9.56. The quantitative estimate of drug-likeness (QED) is 0.479. The Morgan fingerprint density at radius 2 is 1.86 bits per heavy atom. The van der Waals surface area contributed by atoms with Gasteiger partial charge in [0, 0.05) is 22.4 Å². The SMILES string of the molecule is COc1cc(OC)cc(-c2nc(SCc3ccccc3Cl)[nH]c(=O)c2C#N)c1. The largest absolute Gasteiger partial charge is 0.497 e. The zero-order valence-corrected chi connectivity index (χ0v) is 16.7. The number of nitrogens with zero attached hydrogens (tertiary/aromatic N) is 2. The highest BCUT2D eigenvalue weighted by Crippen LogP contribution is 2.31. The molecule has 8 heteroatoms. The fraction of sp³-hybridized carbons (Fsp3) is 0.150. The molecule has 0 aliphatic carbocycles. The Hall–Kier alpha value is -2.95. The van der Waals surface area contributed by atoms with Crippen LogP contribution in [0.15, 0.2) is 52.4 Å². The average molecular weight is 414 g/mol. The van der Waals surface area contributed by atoms with E-state index in [-0.39, 0.29) is 11.3 Å². The Labute approximate surface area is 171 Å². The fourth-order valence-electron chi connectivity index (χ4n) is 2.54. The van der Waals surface area contributed by atoms with Gasteiger partial charge in [-0.1, -0.05) is 41.6 Å². The highest BCUT2D eigenvalue weighted by atomic mass is 35.5. The molecule has 0 spiro atoms. The Balaban J connectivity index is 2.03. The summed E-state index contributed by atoms with van der Waals surface area (Å²) in [6.07, 6.45) is 0. The molecule has 28 heavy (non-hydrogen) atoms. The molecule has 0 aliphatic heterocycles. The van der Waals surface area contributed by atoms with Crippen molar-refractivity contribution in [3.8, 4) is 28.8 Å². The minimum Gasteiger partial charge on any atom is -0.497 e. The van der Waals surface area contributed by atoms with Crippen LogP contribution in [0.2, 0.25) is 5.02 Å². The molecule has 6 nitrogen and oxygen atoms in total. The molecule has 0 bridgehead atoms. The van der Waals surface area contributed by atoms with Gasteiger partial charge in [-0.3, -0.25) is 4.79 Å². The molecule has 3 aromatic rings. The lowest BCUT2D eigenvalue weighted by molar-refractivity contribution is 0.394.